The molecule has 24 heavy (non-hydrogen) atoms. The Balaban J connectivity index is 0.00000288. The quantitative estimate of drug-likeness (QED) is 0.292. The van der Waals surface area contributed by atoms with Gasteiger partial charge in [-0.1, -0.05) is 18.2 Å². The van der Waals surface area contributed by atoms with E-state index in [4.69, 9.17) is 0 Å². The van der Waals surface area contributed by atoms with Crippen molar-refractivity contribution in [3.05, 3.63) is 42.5 Å². The summed E-state index contributed by atoms with van der Waals surface area (Å²) in [7, 11) is -1.64. The van der Waals surface area contributed by atoms with Crippen molar-refractivity contribution in [3.8, 4) is 0 Å². The summed E-state index contributed by atoms with van der Waals surface area (Å²) in [5, 5.41) is 6.25. The van der Waals surface area contributed by atoms with Crippen molar-refractivity contribution in [3.63, 3.8) is 0 Å². The Morgan fingerprint density at radius 2 is 1.88 bits per heavy atom. The second kappa shape index (κ2) is 10.00. The Labute approximate surface area is 161 Å². The maximum absolute atomic E-state index is 12.4. The maximum atomic E-state index is 12.4. The monoisotopic (exact) mass is 464 g/mol. The van der Waals surface area contributed by atoms with E-state index in [-0.39, 0.29) is 24.0 Å². The van der Waals surface area contributed by atoms with Gasteiger partial charge in [-0.25, -0.2) is 8.42 Å². The Bertz CT molecular complexity index is 653. The molecule has 1 aliphatic heterocycles. The van der Waals surface area contributed by atoms with E-state index >= 15 is 0 Å². The number of nitrogens with one attached hydrogen (secondary N) is 2. The fourth-order valence-corrected chi connectivity index (χ4v) is 3.95. The van der Waals surface area contributed by atoms with E-state index in [0.29, 0.717) is 37.0 Å². The van der Waals surface area contributed by atoms with E-state index < -0.39 is 10.0 Å². The van der Waals surface area contributed by atoms with Gasteiger partial charge in [-0.15, -0.1) is 30.6 Å². The van der Waals surface area contributed by atoms with E-state index in [1.807, 2.05) is 12.1 Å². The van der Waals surface area contributed by atoms with Gasteiger partial charge in [0.1, 0.15) is 0 Å². The fourth-order valence-electron chi connectivity index (χ4n) is 2.43. The highest BCUT2D eigenvalue weighted by molar-refractivity contribution is 14.0. The van der Waals surface area contributed by atoms with Crippen molar-refractivity contribution >= 4 is 40.0 Å². The van der Waals surface area contributed by atoms with Crippen LogP contribution in [0.3, 0.4) is 0 Å². The highest BCUT2D eigenvalue weighted by Crippen LogP contribution is 2.20. The van der Waals surface area contributed by atoms with Crippen LogP contribution in [0.25, 0.3) is 0 Å². The van der Waals surface area contributed by atoms with Crippen LogP contribution >= 0.6 is 24.0 Å². The molecule has 1 aromatic carbocycles. The standard InChI is InChI=1S/C16H24N4O2S.HI/c1-3-10-18-16(17-2)19-13-14-6-8-15(9-7-14)23(21,22)20-11-4-5-12-20;/h3,6-9H,1,4-5,10-13H2,2H3,(H2,17,18,19);1H. The maximum Gasteiger partial charge on any atom is 0.243 e. The number of aliphatic imine (C=N–C) groups is 1. The van der Waals surface area contributed by atoms with Crippen LogP contribution in [0.4, 0.5) is 0 Å². The van der Waals surface area contributed by atoms with Crippen molar-refractivity contribution in [1.29, 1.82) is 0 Å². The SMILES string of the molecule is C=CCNC(=NC)NCc1ccc(S(=O)(=O)N2CCCC2)cc1.I. The molecule has 6 nitrogen and oxygen atoms in total. The molecule has 0 bridgehead atoms. The third-order valence-electron chi connectivity index (χ3n) is 3.72. The minimum absolute atomic E-state index is 0. The molecule has 134 valence electrons. The zero-order chi connectivity index (χ0) is 16.7. The molecule has 0 aliphatic carbocycles. The topological polar surface area (TPSA) is 73.8 Å². The summed E-state index contributed by atoms with van der Waals surface area (Å²) >= 11 is 0. The van der Waals surface area contributed by atoms with Gasteiger partial charge in [-0.05, 0) is 30.5 Å². The molecule has 1 aromatic rings. The first-order chi connectivity index (χ1) is 11.1. The molecule has 0 aromatic heterocycles. The van der Waals surface area contributed by atoms with Gasteiger partial charge in [-0.2, -0.15) is 4.31 Å². The van der Waals surface area contributed by atoms with Crippen LogP contribution in [-0.4, -0.2) is 45.4 Å². The summed E-state index contributed by atoms with van der Waals surface area (Å²) in [6, 6.07) is 7.00. The van der Waals surface area contributed by atoms with E-state index in [0.717, 1.165) is 18.4 Å². The molecule has 0 radical (unpaired) electrons. The van der Waals surface area contributed by atoms with Crippen LogP contribution in [-0.2, 0) is 16.6 Å². The molecule has 0 amide bonds. The molecule has 0 unspecified atom stereocenters. The van der Waals surface area contributed by atoms with Gasteiger partial charge in [-0.3, -0.25) is 4.99 Å². The summed E-state index contributed by atoms with van der Waals surface area (Å²) in [6.07, 6.45) is 3.64. The number of sulfonamides is 1. The number of hydrogen-bond acceptors (Lipinski definition) is 3. The Hall–Kier alpha value is -1.13. The summed E-state index contributed by atoms with van der Waals surface area (Å²) < 4.78 is 26.5. The molecule has 1 fully saturated rings. The predicted octanol–water partition coefficient (Wildman–Crippen LogP) is 1.94. The lowest BCUT2D eigenvalue weighted by Gasteiger charge is -2.16. The van der Waals surface area contributed by atoms with E-state index in [9.17, 15) is 8.42 Å². The summed E-state index contributed by atoms with van der Waals surface area (Å²) in [6.45, 7) is 6.09. The first kappa shape index (κ1) is 20.9. The van der Waals surface area contributed by atoms with Crippen LogP contribution in [0.15, 0.2) is 46.8 Å². The van der Waals surface area contributed by atoms with Gasteiger partial charge >= 0.3 is 0 Å². The summed E-state index contributed by atoms with van der Waals surface area (Å²) in [4.78, 5) is 4.45. The van der Waals surface area contributed by atoms with E-state index in [1.165, 1.54) is 0 Å². The van der Waals surface area contributed by atoms with Gasteiger partial charge in [0.2, 0.25) is 10.0 Å². The van der Waals surface area contributed by atoms with Crippen molar-refractivity contribution in [1.82, 2.24) is 14.9 Å². The highest BCUT2D eigenvalue weighted by atomic mass is 127. The first-order valence-corrected chi connectivity index (χ1v) is 9.16. The molecular weight excluding hydrogens is 439 g/mol. The zero-order valence-electron chi connectivity index (χ0n) is 13.9. The average Bonchev–Trinajstić information content (AvgIpc) is 3.11. The number of hydrogen-bond donors (Lipinski definition) is 2. The molecule has 2 N–H and O–H groups in total. The Kier molecular flexibility index (Phi) is 8.71. The van der Waals surface area contributed by atoms with Crippen LogP contribution in [0.1, 0.15) is 18.4 Å². The lowest BCUT2D eigenvalue weighted by molar-refractivity contribution is 0.477. The highest BCUT2D eigenvalue weighted by Gasteiger charge is 2.26. The minimum Gasteiger partial charge on any atom is -0.353 e. The van der Waals surface area contributed by atoms with Gasteiger partial charge in [0.25, 0.3) is 0 Å². The van der Waals surface area contributed by atoms with Crippen LogP contribution in [0.5, 0.6) is 0 Å². The second-order valence-corrected chi connectivity index (χ2v) is 7.29. The van der Waals surface area contributed by atoms with Gasteiger partial charge in [0.05, 0.1) is 4.90 Å². The molecule has 2 rings (SSSR count). The Morgan fingerprint density at radius 3 is 2.42 bits per heavy atom. The van der Waals surface area contributed by atoms with Crippen molar-refractivity contribution in [2.75, 3.05) is 26.7 Å². The van der Waals surface area contributed by atoms with Crippen molar-refractivity contribution < 1.29 is 8.42 Å². The lowest BCUT2D eigenvalue weighted by Crippen LogP contribution is -2.36. The van der Waals surface area contributed by atoms with Gasteiger partial charge in [0, 0.05) is 33.2 Å². The molecule has 1 heterocycles. The number of rotatable bonds is 6. The summed E-state index contributed by atoms with van der Waals surface area (Å²) in [5.41, 5.74) is 0.993. The molecule has 1 saturated heterocycles. The normalized spacial score (nSPS) is 15.6. The largest absolute Gasteiger partial charge is 0.353 e. The smallest absolute Gasteiger partial charge is 0.243 e. The van der Waals surface area contributed by atoms with E-state index in [2.05, 4.69) is 22.2 Å². The van der Waals surface area contributed by atoms with Crippen LogP contribution in [0.2, 0.25) is 0 Å². The van der Waals surface area contributed by atoms with Gasteiger partial charge in [0.15, 0.2) is 5.96 Å². The first-order valence-electron chi connectivity index (χ1n) is 7.72. The average molecular weight is 464 g/mol. The number of benzene rings is 1. The summed E-state index contributed by atoms with van der Waals surface area (Å²) in [5.74, 6) is 0.679. The molecule has 1 aliphatic rings. The third-order valence-corrected chi connectivity index (χ3v) is 5.64. The number of nitrogens with zero attached hydrogens (tertiary/aromatic N) is 2. The molecule has 0 spiro atoms. The Morgan fingerprint density at radius 1 is 1.25 bits per heavy atom. The lowest BCUT2D eigenvalue weighted by atomic mass is 10.2. The molecule has 0 atom stereocenters. The van der Waals surface area contributed by atoms with Gasteiger partial charge < -0.3 is 10.6 Å². The zero-order valence-corrected chi connectivity index (χ0v) is 17.0. The van der Waals surface area contributed by atoms with E-state index in [1.54, 1.807) is 29.6 Å². The third kappa shape index (κ3) is 5.45. The molecular formula is C16H25IN4O2S. The number of guanidine groups is 1. The predicted molar refractivity (Wildman–Crippen MR) is 108 cm³/mol. The fraction of sp³-hybridized carbons (Fsp3) is 0.438. The number of halogens is 1. The van der Waals surface area contributed by atoms with Crippen molar-refractivity contribution in [2.45, 2.75) is 24.3 Å². The van der Waals surface area contributed by atoms with Crippen molar-refractivity contribution in [2.24, 2.45) is 4.99 Å². The minimum atomic E-state index is -3.34. The van der Waals surface area contributed by atoms with Crippen LogP contribution < -0.4 is 10.6 Å². The molecule has 0 saturated carbocycles. The second-order valence-electron chi connectivity index (χ2n) is 5.35. The molecule has 8 heteroatoms. The van der Waals surface area contributed by atoms with Crippen LogP contribution in [0, 0.1) is 0 Å².